The number of hydrogen-bond acceptors (Lipinski definition) is 3. The average Bonchev–Trinajstić information content (AvgIpc) is 2.93. The lowest BCUT2D eigenvalue weighted by atomic mass is 10.1. The Bertz CT molecular complexity index is 908. The second kappa shape index (κ2) is 5.65. The number of fused-ring (bicyclic) bond motifs is 1. The standard InChI is InChI=1S/C16H14BrNO4S/c1-10-8-13(3-4-14(10)17)23(21,22)18-7-6-11-9-12(16(19)20)2-5-15(11)18/h2-5,8-9H,6-7H2,1H3,(H,19,20). The van der Waals surface area contributed by atoms with Crippen LogP contribution in [0.3, 0.4) is 0 Å². The maximum atomic E-state index is 12.9. The first-order valence-electron chi connectivity index (χ1n) is 6.96. The molecule has 2 aromatic rings. The number of benzene rings is 2. The van der Waals surface area contributed by atoms with Crippen molar-refractivity contribution in [3.05, 3.63) is 57.6 Å². The highest BCUT2D eigenvalue weighted by molar-refractivity contribution is 9.10. The number of carbonyl (C=O) groups is 1. The van der Waals surface area contributed by atoms with Crippen LogP contribution in [-0.2, 0) is 16.4 Å². The highest BCUT2D eigenvalue weighted by Crippen LogP contribution is 2.34. The zero-order valence-electron chi connectivity index (χ0n) is 12.3. The summed E-state index contributed by atoms with van der Waals surface area (Å²) in [4.78, 5) is 11.3. The van der Waals surface area contributed by atoms with Gasteiger partial charge in [0.2, 0.25) is 0 Å². The molecule has 0 saturated carbocycles. The summed E-state index contributed by atoms with van der Waals surface area (Å²) in [5.41, 5.74) is 2.30. The number of carboxylic acids is 1. The summed E-state index contributed by atoms with van der Waals surface area (Å²) in [6.45, 7) is 2.15. The Hall–Kier alpha value is -1.86. The molecule has 3 rings (SSSR count). The van der Waals surface area contributed by atoms with Crippen LogP contribution in [-0.4, -0.2) is 26.0 Å². The van der Waals surface area contributed by atoms with Crippen LogP contribution in [0.15, 0.2) is 45.8 Å². The highest BCUT2D eigenvalue weighted by atomic mass is 79.9. The Balaban J connectivity index is 2.04. The second-order valence-electron chi connectivity index (χ2n) is 5.39. The van der Waals surface area contributed by atoms with Gasteiger partial charge >= 0.3 is 5.97 Å². The molecule has 0 atom stereocenters. The van der Waals surface area contributed by atoms with E-state index in [0.29, 0.717) is 18.7 Å². The van der Waals surface area contributed by atoms with E-state index >= 15 is 0 Å². The van der Waals surface area contributed by atoms with Crippen molar-refractivity contribution in [1.29, 1.82) is 0 Å². The summed E-state index contributed by atoms with van der Waals surface area (Å²) < 4.78 is 27.9. The van der Waals surface area contributed by atoms with Gasteiger partial charge in [-0.15, -0.1) is 0 Å². The molecule has 23 heavy (non-hydrogen) atoms. The van der Waals surface area contributed by atoms with Crippen molar-refractivity contribution in [3.8, 4) is 0 Å². The lowest BCUT2D eigenvalue weighted by Gasteiger charge is -2.20. The minimum absolute atomic E-state index is 0.169. The number of carboxylic acid groups (broad SMARTS) is 1. The molecule has 0 spiro atoms. The van der Waals surface area contributed by atoms with Crippen molar-refractivity contribution in [2.24, 2.45) is 0 Å². The summed E-state index contributed by atoms with van der Waals surface area (Å²) in [7, 11) is -3.66. The lowest BCUT2D eigenvalue weighted by molar-refractivity contribution is 0.0697. The molecule has 1 N–H and O–H groups in total. The first kappa shape index (κ1) is 16.0. The number of nitrogens with zero attached hydrogens (tertiary/aromatic N) is 1. The number of halogens is 1. The van der Waals surface area contributed by atoms with Crippen LogP contribution in [0.4, 0.5) is 5.69 Å². The third-order valence-electron chi connectivity index (χ3n) is 3.90. The monoisotopic (exact) mass is 395 g/mol. The highest BCUT2D eigenvalue weighted by Gasteiger charge is 2.31. The molecular weight excluding hydrogens is 382 g/mol. The molecule has 120 valence electrons. The van der Waals surface area contributed by atoms with Gasteiger partial charge in [0.15, 0.2) is 0 Å². The van der Waals surface area contributed by atoms with Crippen molar-refractivity contribution < 1.29 is 18.3 Å². The number of sulfonamides is 1. The molecule has 0 aromatic heterocycles. The van der Waals surface area contributed by atoms with Gasteiger partial charge in [-0.05, 0) is 60.9 Å². The van der Waals surface area contributed by atoms with Gasteiger partial charge in [0.05, 0.1) is 16.1 Å². The number of anilines is 1. The number of hydrogen-bond donors (Lipinski definition) is 1. The Kier molecular flexibility index (Phi) is 3.93. The van der Waals surface area contributed by atoms with Crippen LogP contribution in [0, 0.1) is 6.92 Å². The SMILES string of the molecule is Cc1cc(S(=O)(=O)N2CCc3cc(C(=O)O)ccc32)ccc1Br. The topological polar surface area (TPSA) is 74.7 Å². The molecule has 0 aliphatic carbocycles. The van der Waals surface area contributed by atoms with Gasteiger partial charge in [-0.1, -0.05) is 15.9 Å². The zero-order chi connectivity index (χ0) is 16.8. The van der Waals surface area contributed by atoms with Gasteiger partial charge < -0.3 is 5.11 Å². The third kappa shape index (κ3) is 2.74. The molecule has 0 bridgehead atoms. The minimum atomic E-state index is -3.66. The van der Waals surface area contributed by atoms with E-state index in [0.717, 1.165) is 15.6 Å². The Morgan fingerprint density at radius 3 is 2.61 bits per heavy atom. The van der Waals surface area contributed by atoms with Crippen molar-refractivity contribution in [2.75, 3.05) is 10.8 Å². The number of aryl methyl sites for hydroxylation is 1. The molecular formula is C16H14BrNO4S. The molecule has 0 unspecified atom stereocenters. The van der Waals surface area contributed by atoms with E-state index in [1.807, 2.05) is 6.92 Å². The largest absolute Gasteiger partial charge is 0.478 e. The fourth-order valence-corrected chi connectivity index (χ4v) is 4.49. The van der Waals surface area contributed by atoms with E-state index in [1.165, 1.54) is 10.4 Å². The van der Waals surface area contributed by atoms with Gasteiger partial charge in [0.1, 0.15) is 0 Å². The molecule has 1 aliphatic rings. The molecule has 1 heterocycles. The van der Waals surface area contributed by atoms with Crippen LogP contribution < -0.4 is 4.31 Å². The minimum Gasteiger partial charge on any atom is -0.478 e. The summed E-state index contributed by atoms with van der Waals surface area (Å²) in [6, 6.07) is 9.45. The second-order valence-corrected chi connectivity index (χ2v) is 8.10. The maximum Gasteiger partial charge on any atom is 0.335 e. The fraction of sp³-hybridized carbons (Fsp3) is 0.188. The van der Waals surface area contributed by atoms with E-state index in [-0.39, 0.29) is 10.5 Å². The van der Waals surface area contributed by atoms with E-state index in [2.05, 4.69) is 15.9 Å². The van der Waals surface area contributed by atoms with Crippen LogP contribution in [0.2, 0.25) is 0 Å². The summed E-state index contributed by atoms with van der Waals surface area (Å²) in [5.74, 6) is -1.02. The molecule has 5 nitrogen and oxygen atoms in total. The van der Waals surface area contributed by atoms with Gasteiger partial charge in [0.25, 0.3) is 10.0 Å². The van der Waals surface area contributed by atoms with Crippen molar-refractivity contribution >= 4 is 37.6 Å². The molecule has 1 aliphatic heterocycles. The van der Waals surface area contributed by atoms with E-state index in [1.54, 1.807) is 30.3 Å². The quantitative estimate of drug-likeness (QED) is 0.865. The molecule has 7 heteroatoms. The van der Waals surface area contributed by atoms with Crippen LogP contribution in [0.1, 0.15) is 21.5 Å². The summed E-state index contributed by atoms with van der Waals surface area (Å²) in [5, 5.41) is 9.04. The van der Waals surface area contributed by atoms with Gasteiger partial charge in [0, 0.05) is 11.0 Å². The lowest BCUT2D eigenvalue weighted by Crippen LogP contribution is -2.29. The maximum absolute atomic E-state index is 12.9. The normalized spacial score (nSPS) is 13.9. The fourth-order valence-electron chi connectivity index (χ4n) is 2.66. The van der Waals surface area contributed by atoms with Crippen molar-refractivity contribution in [2.45, 2.75) is 18.2 Å². The summed E-state index contributed by atoms with van der Waals surface area (Å²) in [6.07, 6.45) is 0.505. The van der Waals surface area contributed by atoms with E-state index in [9.17, 15) is 13.2 Å². The first-order valence-corrected chi connectivity index (χ1v) is 9.19. The predicted molar refractivity (Wildman–Crippen MR) is 90.5 cm³/mol. The van der Waals surface area contributed by atoms with Gasteiger partial charge in [-0.2, -0.15) is 0 Å². The zero-order valence-corrected chi connectivity index (χ0v) is 14.7. The van der Waals surface area contributed by atoms with Crippen LogP contribution in [0.25, 0.3) is 0 Å². The Morgan fingerprint density at radius 1 is 1.22 bits per heavy atom. The van der Waals surface area contributed by atoms with Gasteiger partial charge in [-0.3, -0.25) is 4.31 Å². The Morgan fingerprint density at radius 2 is 1.96 bits per heavy atom. The van der Waals surface area contributed by atoms with Crippen molar-refractivity contribution in [3.63, 3.8) is 0 Å². The smallest absolute Gasteiger partial charge is 0.335 e. The van der Waals surface area contributed by atoms with Gasteiger partial charge in [-0.25, -0.2) is 13.2 Å². The predicted octanol–water partition coefficient (Wildman–Crippen LogP) is 3.21. The first-order chi connectivity index (χ1) is 10.8. The molecule has 0 fully saturated rings. The van der Waals surface area contributed by atoms with E-state index < -0.39 is 16.0 Å². The van der Waals surface area contributed by atoms with E-state index in [4.69, 9.17) is 5.11 Å². The number of aromatic carboxylic acids is 1. The average molecular weight is 396 g/mol. The molecule has 0 saturated heterocycles. The van der Waals surface area contributed by atoms with Crippen LogP contribution in [0.5, 0.6) is 0 Å². The summed E-state index contributed by atoms with van der Waals surface area (Å²) >= 11 is 3.36. The van der Waals surface area contributed by atoms with Crippen molar-refractivity contribution in [1.82, 2.24) is 0 Å². The third-order valence-corrected chi connectivity index (χ3v) is 6.60. The molecule has 2 aromatic carbocycles. The molecule has 0 amide bonds. The molecule has 0 radical (unpaired) electrons. The van der Waals surface area contributed by atoms with Crippen LogP contribution >= 0.6 is 15.9 Å². The number of rotatable bonds is 3. The Labute approximate surface area is 142 Å².